The second-order valence-electron chi connectivity index (χ2n) is 5.49. The summed E-state index contributed by atoms with van der Waals surface area (Å²) in [5, 5.41) is 11.1. The quantitative estimate of drug-likeness (QED) is 0.585. The minimum absolute atomic E-state index is 0.263. The fourth-order valence-electron chi connectivity index (χ4n) is 2.26. The lowest BCUT2D eigenvalue weighted by Gasteiger charge is -2.06. The van der Waals surface area contributed by atoms with E-state index < -0.39 is 0 Å². The van der Waals surface area contributed by atoms with Gasteiger partial charge in [0.1, 0.15) is 5.75 Å². The third kappa shape index (κ3) is 4.38. The molecule has 0 aliphatic rings. The highest BCUT2D eigenvalue weighted by Crippen LogP contribution is 2.15. The molecule has 0 radical (unpaired) electrons. The minimum atomic E-state index is -0.263. The zero-order valence-electron chi connectivity index (χ0n) is 13.9. The molecule has 0 saturated heterocycles. The smallest absolute Gasteiger partial charge is 0.277 e. The molecule has 3 rings (SSSR count). The molecule has 0 atom stereocenters. The maximum absolute atomic E-state index is 12.2. The van der Waals surface area contributed by atoms with Gasteiger partial charge in [0, 0.05) is 13.2 Å². The Hall–Kier alpha value is -2.36. The fraction of sp³-hybridized carbons (Fsp3) is 0.235. The molecule has 0 unspecified atom stereocenters. The Morgan fingerprint density at radius 2 is 2.04 bits per heavy atom. The van der Waals surface area contributed by atoms with Crippen molar-refractivity contribution in [3.8, 4) is 5.75 Å². The number of hydrogen-bond donors (Lipinski definition) is 1. The van der Waals surface area contributed by atoms with Gasteiger partial charge in [0.25, 0.3) is 5.91 Å². The first-order chi connectivity index (χ1) is 12.0. The molecule has 0 fully saturated rings. The Morgan fingerprint density at radius 1 is 1.28 bits per heavy atom. The summed E-state index contributed by atoms with van der Waals surface area (Å²) in [6, 6.07) is 7.96. The van der Waals surface area contributed by atoms with Gasteiger partial charge in [-0.1, -0.05) is 19.1 Å². The molecule has 1 N–H and O–H groups in total. The van der Waals surface area contributed by atoms with Crippen LogP contribution >= 0.6 is 22.6 Å². The lowest BCUT2D eigenvalue weighted by atomic mass is 10.2. The number of amides is 1. The third-order valence-corrected chi connectivity index (χ3v) is 4.37. The molecule has 25 heavy (non-hydrogen) atoms. The van der Waals surface area contributed by atoms with Crippen molar-refractivity contribution in [1.82, 2.24) is 19.6 Å². The number of nitrogens with zero attached hydrogens (tertiary/aromatic N) is 4. The van der Waals surface area contributed by atoms with Crippen LogP contribution in [-0.2, 0) is 20.2 Å². The van der Waals surface area contributed by atoms with Crippen molar-refractivity contribution in [3.63, 3.8) is 0 Å². The van der Waals surface area contributed by atoms with Gasteiger partial charge in [-0.2, -0.15) is 10.2 Å². The summed E-state index contributed by atoms with van der Waals surface area (Å²) < 4.78 is 9.71. The minimum Gasteiger partial charge on any atom is -0.471 e. The monoisotopic (exact) mass is 451 g/mol. The Labute approximate surface area is 159 Å². The number of carbonyl (C=O) groups is 1. The highest BCUT2D eigenvalue weighted by Gasteiger charge is 2.15. The highest BCUT2D eigenvalue weighted by molar-refractivity contribution is 14.1. The summed E-state index contributed by atoms with van der Waals surface area (Å²) >= 11 is 2.08. The van der Waals surface area contributed by atoms with Gasteiger partial charge >= 0.3 is 0 Å². The number of anilines is 1. The van der Waals surface area contributed by atoms with E-state index in [1.54, 1.807) is 35.0 Å². The molecule has 7 nitrogen and oxygen atoms in total. The van der Waals surface area contributed by atoms with E-state index in [1.165, 1.54) is 5.56 Å². The van der Waals surface area contributed by atoms with Crippen LogP contribution < -0.4 is 10.1 Å². The predicted octanol–water partition coefficient (Wildman–Crippen LogP) is 3.07. The van der Waals surface area contributed by atoms with Crippen LogP contribution in [0.15, 0.2) is 42.9 Å². The van der Waals surface area contributed by atoms with E-state index in [4.69, 9.17) is 4.74 Å². The van der Waals surface area contributed by atoms with E-state index in [9.17, 15) is 4.79 Å². The number of rotatable bonds is 6. The molecule has 3 aromatic rings. The summed E-state index contributed by atoms with van der Waals surface area (Å²) in [6.07, 6.45) is 6.08. The van der Waals surface area contributed by atoms with Gasteiger partial charge in [-0.15, -0.1) is 0 Å². The summed E-state index contributed by atoms with van der Waals surface area (Å²) in [6.45, 7) is 2.38. The summed E-state index contributed by atoms with van der Waals surface area (Å²) in [5.41, 5.74) is 2.25. The maximum atomic E-state index is 12.2. The summed E-state index contributed by atoms with van der Waals surface area (Å²) in [5.74, 6) is 0.516. The predicted molar refractivity (Wildman–Crippen MR) is 103 cm³/mol. The van der Waals surface area contributed by atoms with Crippen molar-refractivity contribution in [3.05, 3.63) is 57.7 Å². The zero-order chi connectivity index (χ0) is 17.8. The zero-order valence-corrected chi connectivity index (χ0v) is 16.1. The van der Waals surface area contributed by atoms with E-state index in [0.29, 0.717) is 11.4 Å². The van der Waals surface area contributed by atoms with Gasteiger partial charge in [0.05, 0.1) is 21.7 Å². The van der Waals surface area contributed by atoms with E-state index in [2.05, 4.69) is 45.0 Å². The van der Waals surface area contributed by atoms with E-state index in [1.807, 2.05) is 24.3 Å². The van der Waals surface area contributed by atoms with Crippen LogP contribution in [-0.4, -0.2) is 25.5 Å². The van der Waals surface area contributed by atoms with Crippen molar-refractivity contribution in [1.29, 1.82) is 0 Å². The van der Waals surface area contributed by atoms with Crippen molar-refractivity contribution < 1.29 is 9.53 Å². The largest absolute Gasteiger partial charge is 0.471 e. The summed E-state index contributed by atoms with van der Waals surface area (Å²) in [4.78, 5) is 12.2. The number of nitrogens with one attached hydrogen (secondary N) is 1. The molecule has 1 aromatic carbocycles. The number of halogens is 1. The van der Waals surface area contributed by atoms with Crippen molar-refractivity contribution in [2.45, 2.75) is 20.1 Å². The number of ether oxygens (including phenoxy) is 1. The van der Waals surface area contributed by atoms with Crippen LogP contribution in [0.5, 0.6) is 5.75 Å². The molecule has 1 amide bonds. The normalized spacial score (nSPS) is 10.7. The van der Waals surface area contributed by atoms with Gasteiger partial charge in [-0.25, -0.2) is 4.68 Å². The second-order valence-corrected chi connectivity index (χ2v) is 6.66. The topological polar surface area (TPSA) is 74.0 Å². The Morgan fingerprint density at radius 3 is 2.68 bits per heavy atom. The first kappa shape index (κ1) is 17.5. The maximum Gasteiger partial charge on any atom is 0.277 e. The fourth-order valence-corrected chi connectivity index (χ4v) is 3.02. The van der Waals surface area contributed by atoms with Gasteiger partial charge in [-0.3, -0.25) is 9.48 Å². The van der Waals surface area contributed by atoms with Crippen molar-refractivity contribution in [2.75, 3.05) is 5.32 Å². The molecular formula is C17H18IN5O2. The first-order valence-corrected chi connectivity index (χ1v) is 8.87. The Bertz CT molecular complexity index is 870. The van der Waals surface area contributed by atoms with Crippen molar-refractivity contribution >= 4 is 34.2 Å². The van der Waals surface area contributed by atoms with Crippen LogP contribution in [0.4, 0.5) is 5.69 Å². The first-order valence-electron chi connectivity index (χ1n) is 7.80. The summed E-state index contributed by atoms with van der Waals surface area (Å²) in [7, 11) is 1.78. The average molecular weight is 451 g/mol. The SMILES string of the molecule is CCc1ccc(OCn2cc(NC(=O)c3nn(C)cc3I)cn2)cc1. The molecule has 0 saturated carbocycles. The molecule has 2 heterocycles. The molecule has 130 valence electrons. The van der Waals surface area contributed by atoms with E-state index in [0.717, 1.165) is 15.7 Å². The van der Waals surface area contributed by atoms with E-state index >= 15 is 0 Å². The highest BCUT2D eigenvalue weighted by atomic mass is 127. The molecule has 2 aromatic heterocycles. The van der Waals surface area contributed by atoms with Gasteiger partial charge in [0.15, 0.2) is 12.4 Å². The number of aryl methyl sites for hydroxylation is 2. The molecule has 0 aliphatic heterocycles. The lowest BCUT2D eigenvalue weighted by molar-refractivity contribution is 0.102. The molecule has 0 spiro atoms. The third-order valence-electron chi connectivity index (χ3n) is 3.59. The molecule has 8 heteroatoms. The van der Waals surface area contributed by atoms with Crippen LogP contribution in [0.2, 0.25) is 0 Å². The standard InChI is InChI=1S/C17H18IN5O2/c1-3-12-4-6-14(7-5-12)25-11-23-9-13(8-19-23)20-17(24)16-15(18)10-22(2)21-16/h4-10H,3,11H2,1-2H3,(H,20,24). The van der Waals surface area contributed by atoms with Crippen LogP contribution in [0.3, 0.4) is 0 Å². The average Bonchev–Trinajstić information content (AvgIpc) is 3.19. The van der Waals surface area contributed by atoms with Gasteiger partial charge < -0.3 is 10.1 Å². The van der Waals surface area contributed by atoms with Crippen LogP contribution in [0.25, 0.3) is 0 Å². The number of carbonyl (C=O) groups excluding carboxylic acids is 1. The Balaban J connectivity index is 1.58. The molecule has 0 bridgehead atoms. The molecule has 0 aliphatic carbocycles. The van der Waals surface area contributed by atoms with Crippen LogP contribution in [0, 0.1) is 3.57 Å². The Kier molecular flexibility index (Phi) is 5.37. The lowest BCUT2D eigenvalue weighted by Crippen LogP contribution is -2.14. The molecular weight excluding hydrogens is 433 g/mol. The number of benzene rings is 1. The second kappa shape index (κ2) is 7.68. The number of aromatic nitrogens is 4. The van der Waals surface area contributed by atoms with Crippen molar-refractivity contribution in [2.24, 2.45) is 7.05 Å². The van der Waals surface area contributed by atoms with Gasteiger partial charge in [-0.05, 0) is 46.7 Å². The van der Waals surface area contributed by atoms with Gasteiger partial charge in [0.2, 0.25) is 0 Å². The number of hydrogen-bond acceptors (Lipinski definition) is 4. The van der Waals surface area contributed by atoms with Crippen LogP contribution in [0.1, 0.15) is 23.0 Å². The van der Waals surface area contributed by atoms with E-state index in [-0.39, 0.29) is 12.6 Å².